The van der Waals surface area contributed by atoms with Crippen LogP contribution in [0.25, 0.3) is 0 Å². The molecule has 1 rings (SSSR count). The van der Waals surface area contributed by atoms with Gasteiger partial charge in [-0.3, -0.25) is 19.6 Å². The number of hydrogen-bond donors (Lipinski definition) is 3. The number of nitrogens with one attached hydrogen (secondary N) is 1. The second-order valence-corrected chi connectivity index (χ2v) is 5.35. The van der Waals surface area contributed by atoms with Crippen molar-refractivity contribution in [2.45, 2.75) is 19.3 Å². The molecule has 136 valence electrons. The summed E-state index contributed by atoms with van der Waals surface area (Å²) in [7, 11) is 1.97. The van der Waals surface area contributed by atoms with Crippen molar-refractivity contribution in [1.82, 2.24) is 5.32 Å². The van der Waals surface area contributed by atoms with Crippen molar-refractivity contribution >= 4 is 30.1 Å². The van der Waals surface area contributed by atoms with E-state index in [2.05, 4.69) is 20.2 Å². The Bertz CT molecular complexity index is 599. The van der Waals surface area contributed by atoms with Crippen molar-refractivity contribution in [3.8, 4) is 0 Å². The number of nitrogens with zero attached hydrogens (tertiary/aromatic N) is 3. The Labute approximate surface area is 147 Å². The van der Waals surface area contributed by atoms with E-state index in [9.17, 15) is 9.59 Å². The second kappa shape index (κ2) is 11.6. The molecule has 0 spiro atoms. The Kier molecular flexibility index (Phi) is 9.35. The van der Waals surface area contributed by atoms with E-state index in [1.807, 2.05) is 25.4 Å². The van der Waals surface area contributed by atoms with Crippen LogP contribution in [0.2, 0.25) is 0 Å². The van der Waals surface area contributed by atoms with Crippen LogP contribution in [-0.4, -0.2) is 56.3 Å². The summed E-state index contributed by atoms with van der Waals surface area (Å²) in [6, 6.07) is 7.26. The summed E-state index contributed by atoms with van der Waals surface area (Å²) in [5.74, 6) is -1.06. The van der Waals surface area contributed by atoms with Gasteiger partial charge in [-0.15, -0.1) is 0 Å². The molecule has 1 aromatic carbocycles. The molecule has 1 amide bonds. The summed E-state index contributed by atoms with van der Waals surface area (Å²) in [5.41, 5.74) is 6.67. The fraction of sp³-hybridized carbons (Fsp3) is 0.412. The summed E-state index contributed by atoms with van der Waals surface area (Å²) in [4.78, 5) is 32.3. The van der Waals surface area contributed by atoms with Gasteiger partial charge in [0.2, 0.25) is 0 Å². The van der Waals surface area contributed by atoms with Crippen LogP contribution >= 0.6 is 0 Å². The van der Waals surface area contributed by atoms with E-state index in [0.29, 0.717) is 25.2 Å². The lowest BCUT2D eigenvalue weighted by Gasteiger charge is -2.18. The smallest absolute Gasteiger partial charge is 0.303 e. The first-order valence-corrected chi connectivity index (χ1v) is 8.04. The molecule has 0 saturated carbocycles. The molecule has 0 fully saturated rings. The molecule has 0 unspecified atom stereocenters. The maximum atomic E-state index is 12.0. The fourth-order valence-electron chi connectivity index (χ4n) is 2.03. The summed E-state index contributed by atoms with van der Waals surface area (Å²) < 4.78 is 0. The first kappa shape index (κ1) is 20.1. The van der Waals surface area contributed by atoms with Gasteiger partial charge in [0, 0.05) is 44.0 Å². The van der Waals surface area contributed by atoms with Crippen LogP contribution < -0.4 is 16.0 Å². The number of benzene rings is 1. The van der Waals surface area contributed by atoms with Crippen LogP contribution in [-0.2, 0) is 4.79 Å². The molecule has 0 heterocycles. The molecular formula is C17H25N5O3. The van der Waals surface area contributed by atoms with Crippen LogP contribution in [0.15, 0.2) is 34.3 Å². The highest BCUT2D eigenvalue weighted by Crippen LogP contribution is 2.14. The monoisotopic (exact) mass is 347 g/mol. The van der Waals surface area contributed by atoms with Gasteiger partial charge in [-0.25, -0.2) is 0 Å². The number of aliphatic imine (C=N–C) groups is 2. The lowest BCUT2D eigenvalue weighted by molar-refractivity contribution is -0.137. The van der Waals surface area contributed by atoms with E-state index in [-0.39, 0.29) is 12.3 Å². The number of amides is 1. The van der Waals surface area contributed by atoms with Crippen molar-refractivity contribution < 1.29 is 14.7 Å². The molecule has 4 N–H and O–H groups in total. The van der Waals surface area contributed by atoms with E-state index in [1.54, 1.807) is 12.1 Å². The molecule has 0 radical (unpaired) electrons. The zero-order valence-corrected chi connectivity index (χ0v) is 14.4. The number of carboxylic acid groups (broad SMARTS) is 1. The molecule has 25 heavy (non-hydrogen) atoms. The maximum absolute atomic E-state index is 12.0. The van der Waals surface area contributed by atoms with Crippen LogP contribution in [0.1, 0.15) is 29.6 Å². The molecule has 1 aromatic rings. The number of anilines is 1. The largest absolute Gasteiger partial charge is 0.481 e. The second-order valence-electron chi connectivity index (χ2n) is 5.35. The fourth-order valence-corrected chi connectivity index (χ4v) is 2.03. The number of hydrogen-bond acceptors (Lipinski definition) is 5. The van der Waals surface area contributed by atoms with E-state index in [1.165, 1.54) is 6.34 Å². The van der Waals surface area contributed by atoms with Crippen molar-refractivity contribution in [3.63, 3.8) is 0 Å². The third-order valence-corrected chi connectivity index (χ3v) is 3.41. The highest BCUT2D eigenvalue weighted by Gasteiger charge is 2.06. The van der Waals surface area contributed by atoms with Gasteiger partial charge in [-0.05, 0) is 37.1 Å². The zero-order valence-electron chi connectivity index (χ0n) is 14.4. The molecule has 0 aliphatic heterocycles. The Morgan fingerprint density at radius 3 is 2.64 bits per heavy atom. The van der Waals surface area contributed by atoms with Crippen molar-refractivity contribution in [3.05, 3.63) is 29.8 Å². The summed E-state index contributed by atoms with van der Waals surface area (Å²) >= 11 is 0. The zero-order chi connectivity index (χ0) is 18.5. The van der Waals surface area contributed by atoms with Gasteiger partial charge in [0.1, 0.15) is 6.67 Å². The Morgan fingerprint density at radius 1 is 1.28 bits per heavy atom. The lowest BCUT2D eigenvalue weighted by atomic mass is 10.1. The number of aliphatic carboxylic acids is 1. The Hall–Kier alpha value is -2.90. The molecule has 0 atom stereocenters. The molecule has 0 saturated heterocycles. The molecule has 8 heteroatoms. The third kappa shape index (κ3) is 8.50. The van der Waals surface area contributed by atoms with Crippen molar-refractivity contribution in [1.29, 1.82) is 0 Å². The normalized spacial score (nSPS) is 11.1. The van der Waals surface area contributed by atoms with Gasteiger partial charge in [0.15, 0.2) is 0 Å². The Morgan fingerprint density at radius 2 is 2.00 bits per heavy atom. The standard InChI is InChI=1S/C17H25N5O3/c1-22(11-3-9-19-13-20-12-18)15-7-5-14(6-8-15)17(25)21-10-2-4-16(23)24/h5-9,12H,2-4,10-11,13H2,1H3,(H2,18,20)(H,21,25)(H,23,24). The van der Waals surface area contributed by atoms with Crippen LogP contribution in [0.5, 0.6) is 0 Å². The molecule has 0 aromatic heterocycles. The predicted octanol–water partition coefficient (Wildman–Crippen LogP) is 1.12. The average molecular weight is 347 g/mol. The SMILES string of the molecule is CN(CCC=NCN=CN)c1ccc(C(=O)NCCCC(=O)O)cc1. The topological polar surface area (TPSA) is 120 Å². The van der Waals surface area contributed by atoms with E-state index < -0.39 is 5.97 Å². The number of nitrogens with two attached hydrogens (primary N) is 1. The molecule has 0 bridgehead atoms. The van der Waals surface area contributed by atoms with Crippen LogP contribution in [0, 0.1) is 0 Å². The van der Waals surface area contributed by atoms with Crippen molar-refractivity contribution in [2.24, 2.45) is 15.7 Å². The number of carbonyl (C=O) groups excluding carboxylic acids is 1. The van der Waals surface area contributed by atoms with Crippen LogP contribution in [0.3, 0.4) is 0 Å². The predicted molar refractivity (Wildman–Crippen MR) is 99.6 cm³/mol. The van der Waals surface area contributed by atoms with E-state index in [4.69, 9.17) is 10.8 Å². The lowest BCUT2D eigenvalue weighted by Crippen LogP contribution is -2.25. The first-order valence-electron chi connectivity index (χ1n) is 8.04. The van der Waals surface area contributed by atoms with Gasteiger partial charge >= 0.3 is 5.97 Å². The maximum Gasteiger partial charge on any atom is 0.303 e. The first-order chi connectivity index (χ1) is 12.0. The van der Waals surface area contributed by atoms with Crippen LogP contribution in [0.4, 0.5) is 5.69 Å². The highest BCUT2D eigenvalue weighted by molar-refractivity contribution is 5.94. The summed E-state index contributed by atoms with van der Waals surface area (Å²) in [6.07, 6.45) is 4.28. The molecule has 0 aliphatic carbocycles. The van der Waals surface area contributed by atoms with Gasteiger partial charge in [0.25, 0.3) is 5.91 Å². The van der Waals surface area contributed by atoms with Gasteiger partial charge in [0.05, 0.1) is 6.34 Å². The minimum Gasteiger partial charge on any atom is -0.481 e. The highest BCUT2D eigenvalue weighted by atomic mass is 16.4. The average Bonchev–Trinajstić information content (AvgIpc) is 2.61. The van der Waals surface area contributed by atoms with Gasteiger partial charge < -0.3 is 21.1 Å². The minimum absolute atomic E-state index is 0.0475. The number of carbonyl (C=O) groups is 2. The number of rotatable bonds is 11. The summed E-state index contributed by atoms with van der Waals surface area (Å²) in [5, 5.41) is 11.3. The molecule has 0 aliphatic rings. The van der Waals surface area contributed by atoms with Gasteiger partial charge in [-0.2, -0.15) is 0 Å². The van der Waals surface area contributed by atoms with E-state index >= 15 is 0 Å². The minimum atomic E-state index is -0.862. The molecule has 8 nitrogen and oxygen atoms in total. The Balaban J connectivity index is 2.39. The third-order valence-electron chi connectivity index (χ3n) is 3.41. The summed E-state index contributed by atoms with van der Waals surface area (Å²) in [6.45, 7) is 1.48. The van der Waals surface area contributed by atoms with Crippen molar-refractivity contribution in [2.75, 3.05) is 31.7 Å². The quantitative estimate of drug-likeness (QED) is 0.315. The number of carboxylic acids is 1. The van der Waals surface area contributed by atoms with E-state index in [0.717, 1.165) is 18.7 Å². The molecular weight excluding hydrogens is 322 g/mol. The van der Waals surface area contributed by atoms with Gasteiger partial charge in [-0.1, -0.05) is 0 Å².